The number of alkyl halides is 10. The molecule has 0 aliphatic carbocycles. The van der Waals surface area contributed by atoms with Crippen molar-refractivity contribution in [3.63, 3.8) is 0 Å². The van der Waals surface area contributed by atoms with Crippen LogP contribution in [-0.4, -0.2) is 37.5 Å². The van der Waals surface area contributed by atoms with Gasteiger partial charge in [-0.3, -0.25) is 0 Å². The molecule has 0 spiro atoms. The molecule has 0 atom stereocenters. The number of esters is 2. The number of halogens is 10. The minimum Gasteiger partial charge on any atom is -0.484 e. The molecule has 0 amide bonds. The zero-order valence-corrected chi connectivity index (χ0v) is 36.0. The van der Waals surface area contributed by atoms with E-state index in [0.29, 0.717) is 44.8 Å². The van der Waals surface area contributed by atoms with E-state index in [4.69, 9.17) is 30.4 Å². The molecular weight excluding hydrogens is 947 g/mol. The van der Waals surface area contributed by atoms with Crippen LogP contribution in [0.2, 0.25) is 0 Å². The second-order valence-corrected chi connectivity index (χ2v) is 14.9. The summed E-state index contributed by atoms with van der Waals surface area (Å²) in [6, 6.07) is 27.6. The molecule has 0 unspecified atom stereocenters. The number of nitrogens with two attached hydrogens (primary N) is 2. The van der Waals surface area contributed by atoms with Crippen molar-refractivity contribution in [2.24, 2.45) is 0 Å². The van der Waals surface area contributed by atoms with Gasteiger partial charge >= 0.3 is 36.5 Å². The molecule has 6 aromatic rings. The molecule has 0 aliphatic rings. The van der Waals surface area contributed by atoms with Crippen LogP contribution in [0.3, 0.4) is 0 Å². The first-order valence-electron chi connectivity index (χ1n) is 20.4. The van der Waals surface area contributed by atoms with Crippen LogP contribution in [0, 0.1) is 0 Å². The van der Waals surface area contributed by atoms with Crippen LogP contribution in [0.4, 0.5) is 55.3 Å². The molecule has 4 N–H and O–H groups in total. The van der Waals surface area contributed by atoms with E-state index in [-0.39, 0.29) is 36.2 Å². The third-order valence-corrected chi connectivity index (χ3v) is 9.55. The van der Waals surface area contributed by atoms with Gasteiger partial charge in [0, 0.05) is 23.5 Å². The molecule has 366 valence electrons. The van der Waals surface area contributed by atoms with Gasteiger partial charge in [0.15, 0.2) is 13.2 Å². The molecule has 6 aromatic carbocycles. The monoisotopic (exact) mass is 984 g/mol. The van der Waals surface area contributed by atoms with Crippen molar-refractivity contribution < 1.29 is 81.9 Å². The van der Waals surface area contributed by atoms with Gasteiger partial charge in [-0.1, -0.05) is 36.4 Å². The van der Waals surface area contributed by atoms with E-state index >= 15 is 0 Å². The Morgan fingerprint density at radius 3 is 1.10 bits per heavy atom. The van der Waals surface area contributed by atoms with Crippen LogP contribution < -0.4 is 30.4 Å². The highest BCUT2D eigenvalue weighted by atomic mass is 19.4. The Hall–Kier alpha value is -8.16. The van der Waals surface area contributed by atoms with Gasteiger partial charge in [0.1, 0.15) is 36.2 Å². The fourth-order valence-electron chi connectivity index (χ4n) is 6.24. The molecule has 0 fully saturated rings. The van der Waals surface area contributed by atoms with Gasteiger partial charge in [-0.15, -0.1) is 0 Å². The topological polar surface area (TPSA) is 142 Å². The standard InChI is InChI=1S/C50H38F10N2O8/c51-47(52,53)29-67-39-17-7-35(8-18-39)49(57,58)69-41-13-1-31(2-14-41)5-23-45(63)65-27-33-25-37(61)11-21-43(33)44-22-12-38(62)26-34(44)28-66-46(64)24-6-32-3-15-42(16-4-32)70-50(59,60)36-9-19-40(20-10-36)68-30-48(54,55)56/h1-26H,27-30,61-62H2/b23-5+,24-6+. The van der Waals surface area contributed by atoms with Crippen LogP contribution in [0.15, 0.2) is 146 Å². The fourth-order valence-corrected chi connectivity index (χ4v) is 6.24. The van der Waals surface area contributed by atoms with E-state index in [1.165, 1.54) is 60.7 Å². The highest BCUT2D eigenvalue weighted by Gasteiger charge is 2.36. The first-order valence-corrected chi connectivity index (χ1v) is 20.4. The number of carbonyl (C=O) groups excluding carboxylic acids is 2. The lowest BCUT2D eigenvalue weighted by Crippen LogP contribution is -2.22. The van der Waals surface area contributed by atoms with Gasteiger partial charge in [-0.05, 0) is 143 Å². The number of carbonyl (C=O) groups is 2. The van der Waals surface area contributed by atoms with E-state index in [1.54, 1.807) is 36.4 Å². The largest absolute Gasteiger partial charge is 0.484 e. The zero-order chi connectivity index (χ0) is 50.7. The summed E-state index contributed by atoms with van der Waals surface area (Å²) in [6.45, 7) is -3.68. The summed E-state index contributed by atoms with van der Waals surface area (Å²) in [6.07, 6.45) is -11.9. The SMILES string of the molecule is Nc1ccc(-c2ccc(N)cc2COC(=O)/C=C/c2ccc(OC(F)(F)c3ccc(OCC(F)(F)F)cc3)cc2)c(COC(=O)/C=C/c2ccc(OC(F)(F)c3ccc(OCC(F)(F)F)cc3)cc2)c1. The van der Waals surface area contributed by atoms with E-state index in [1.807, 2.05) is 0 Å². The summed E-state index contributed by atoms with van der Waals surface area (Å²) in [4.78, 5) is 25.6. The van der Waals surface area contributed by atoms with Gasteiger partial charge < -0.3 is 39.9 Å². The predicted molar refractivity (Wildman–Crippen MR) is 236 cm³/mol. The number of rotatable bonds is 19. The number of hydrogen-bond donors (Lipinski definition) is 2. The van der Waals surface area contributed by atoms with Crippen LogP contribution >= 0.6 is 0 Å². The minimum absolute atomic E-state index is 0.246. The van der Waals surface area contributed by atoms with Crippen molar-refractivity contribution in [2.75, 3.05) is 24.7 Å². The molecule has 70 heavy (non-hydrogen) atoms. The average Bonchev–Trinajstić information content (AvgIpc) is 3.31. The number of ether oxygens (including phenoxy) is 6. The second kappa shape index (κ2) is 21.9. The van der Waals surface area contributed by atoms with Crippen LogP contribution in [0.1, 0.15) is 33.4 Å². The van der Waals surface area contributed by atoms with Crippen molar-refractivity contribution in [3.05, 3.63) is 179 Å². The lowest BCUT2D eigenvalue weighted by atomic mass is 9.95. The molecule has 10 nitrogen and oxygen atoms in total. The number of benzene rings is 6. The van der Waals surface area contributed by atoms with Crippen LogP contribution in [-0.2, 0) is 44.5 Å². The van der Waals surface area contributed by atoms with Crippen molar-refractivity contribution >= 4 is 35.5 Å². The summed E-state index contributed by atoms with van der Waals surface area (Å²) >= 11 is 0. The molecule has 0 aromatic heterocycles. The van der Waals surface area contributed by atoms with E-state index in [0.717, 1.165) is 60.7 Å². The maximum atomic E-state index is 14.8. The molecule has 0 saturated carbocycles. The third-order valence-electron chi connectivity index (χ3n) is 9.55. The van der Waals surface area contributed by atoms with Gasteiger partial charge in [-0.2, -0.15) is 43.9 Å². The molecule has 0 aliphatic heterocycles. The first kappa shape index (κ1) is 51.2. The normalized spacial score (nSPS) is 12.2. The average molecular weight is 985 g/mol. The van der Waals surface area contributed by atoms with E-state index in [2.05, 4.69) is 9.47 Å². The summed E-state index contributed by atoms with van der Waals surface area (Å²) in [5.41, 5.74) is 14.5. The van der Waals surface area contributed by atoms with Gasteiger partial charge in [0.2, 0.25) is 0 Å². The third kappa shape index (κ3) is 15.4. The van der Waals surface area contributed by atoms with E-state index in [9.17, 15) is 53.5 Å². The zero-order valence-electron chi connectivity index (χ0n) is 36.0. The summed E-state index contributed by atoms with van der Waals surface area (Å²) in [7, 11) is 0. The molecule has 20 heteroatoms. The highest BCUT2D eigenvalue weighted by molar-refractivity contribution is 5.88. The predicted octanol–water partition coefficient (Wildman–Crippen LogP) is 12.2. The Morgan fingerprint density at radius 1 is 0.443 bits per heavy atom. The number of anilines is 2. The fraction of sp³-hybridized carbons (Fsp3) is 0.160. The van der Waals surface area contributed by atoms with E-state index < -0.39 is 60.8 Å². The Labute approximate surface area is 392 Å². The van der Waals surface area contributed by atoms with Crippen molar-refractivity contribution in [2.45, 2.75) is 37.8 Å². The summed E-state index contributed by atoms with van der Waals surface area (Å²) in [5, 5.41) is 0. The Balaban J connectivity index is 1.01. The molecule has 6 rings (SSSR count). The highest BCUT2D eigenvalue weighted by Crippen LogP contribution is 2.36. The maximum absolute atomic E-state index is 14.8. The lowest BCUT2D eigenvalue weighted by Gasteiger charge is -2.19. The van der Waals surface area contributed by atoms with Crippen molar-refractivity contribution in [1.29, 1.82) is 0 Å². The molecule has 0 saturated heterocycles. The second-order valence-electron chi connectivity index (χ2n) is 14.9. The molecule has 0 heterocycles. The number of hydrogen-bond acceptors (Lipinski definition) is 10. The molecular formula is C50H38F10N2O8. The molecule has 0 radical (unpaired) electrons. The summed E-state index contributed by atoms with van der Waals surface area (Å²) < 4.78 is 163. The van der Waals surface area contributed by atoms with Crippen molar-refractivity contribution in [3.8, 4) is 34.1 Å². The quantitative estimate of drug-likeness (QED) is 0.0349. The Morgan fingerprint density at radius 2 is 0.771 bits per heavy atom. The van der Waals surface area contributed by atoms with Crippen LogP contribution in [0.25, 0.3) is 23.3 Å². The summed E-state index contributed by atoms with van der Waals surface area (Å²) in [5.74, 6) is -2.55. The smallest absolute Gasteiger partial charge is 0.426 e. The maximum Gasteiger partial charge on any atom is 0.426 e. The minimum atomic E-state index is -4.60. The van der Waals surface area contributed by atoms with Crippen molar-refractivity contribution in [1.82, 2.24) is 0 Å². The Bertz CT molecular complexity index is 2600. The Kier molecular flexibility index (Phi) is 16.0. The van der Waals surface area contributed by atoms with Gasteiger partial charge in [-0.25, -0.2) is 9.59 Å². The van der Waals surface area contributed by atoms with Crippen LogP contribution in [0.5, 0.6) is 23.0 Å². The lowest BCUT2D eigenvalue weighted by molar-refractivity contribution is -0.186. The number of nitrogen functional groups attached to an aromatic ring is 2. The first-order chi connectivity index (χ1) is 33.0. The van der Waals surface area contributed by atoms with Gasteiger partial charge in [0.05, 0.1) is 11.1 Å². The van der Waals surface area contributed by atoms with Gasteiger partial charge in [0.25, 0.3) is 0 Å². The molecule has 0 bridgehead atoms.